The van der Waals surface area contributed by atoms with Crippen molar-refractivity contribution < 1.29 is 4.79 Å². The number of carbonyl (C=O) groups excluding carboxylic acids is 1. The molecule has 2 heterocycles. The number of nitrogens with one attached hydrogen (secondary N) is 1. The van der Waals surface area contributed by atoms with E-state index in [1.165, 1.54) is 0 Å². The standard InChI is InChI=1S/C27H17Cl3N4O/c28-18-12-14-20(15-13-18)33-25(17-6-5-7-19(29)16-17)32-34(24-11-4-2-9-22(24)30)27(33)21-8-1-3-10-23(21)31-26(27)35/h1-16H,(H,31,35). The summed E-state index contributed by atoms with van der Waals surface area (Å²) in [4.78, 5) is 16.0. The highest BCUT2D eigenvalue weighted by atomic mass is 35.5. The molecule has 1 N–H and O–H groups in total. The molecule has 1 unspecified atom stereocenters. The van der Waals surface area contributed by atoms with Crippen LogP contribution < -0.4 is 15.2 Å². The van der Waals surface area contributed by atoms with Gasteiger partial charge in [-0.05, 0) is 54.6 Å². The van der Waals surface area contributed by atoms with E-state index in [9.17, 15) is 4.79 Å². The van der Waals surface area contributed by atoms with Gasteiger partial charge in [0.05, 0.1) is 10.7 Å². The molecule has 5 nitrogen and oxygen atoms in total. The smallest absolute Gasteiger partial charge is 0.278 e. The number of hydrogen-bond acceptors (Lipinski definition) is 4. The normalized spacial score (nSPS) is 18.6. The first-order valence-electron chi connectivity index (χ1n) is 10.9. The van der Waals surface area contributed by atoms with Gasteiger partial charge in [0.1, 0.15) is 0 Å². The van der Waals surface area contributed by atoms with E-state index in [2.05, 4.69) is 5.32 Å². The van der Waals surface area contributed by atoms with E-state index < -0.39 is 5.66 Å². The zero-order valence-corrected chi connectivity index (χ0v) is 20.4. The second-order valence-corrected chi connectivity index (χ2v) is 9.46. The van der Waals surface area contributed by atoms with Gasteiger partial charge in [-0.2, -0.15) is 5.10 Å². The summed E-state index contributed by atoms with van der Waals surface area (Å²) in [7, 11) is 0. The van der Waals surface area contributed by atoms with Crippen LogP contribution in [0.2, 0.25) is 15.1 Å². The fourth-order valence-corrected chi connectivity index (χ4v) is 5.22. The van der Waals surface area contributed by atoms with Crippen molar-refractivity contribution in [1.29, 1.82) is 0 Å². The molecule has 8 heteroatoms. The first-order valence-corrected chi connectivity index (χ1v) is 12.0. The molecule has 0 saturated carbocycles. The van der Waals surface area contributed by atoms with Gasteiger partial charge in [-0.3, -0.25) is 9.69 Å². The van der Waals surface area contributed by atoms with Gasteiger partial charge in [-0.15, -0.1) is 0 Å². The molecular weight excluding hydrogens is 503 g/mol. The van der Waals surface area contributed by atoms with Crippen LogP contribution >= 0.6 is 34.8 Å². The highest BCUT2D eigenvalue weighted by Gasteiger charge is 2.62. The Morgan fingerprint density at radius 2 is 1.51 bits per heavy atom. The predicted octanol–water partition coefficient (Wildman–Crippen LogP) is 7.14. The largest absolute Gasteiger partial charge is 0.322 e. The summed E-state index contributed by atoms with van der Waals surface area (Å²) in [6, 6.07) is 29.6. The van der Waals surface area contributed by atoms with Gasteiger partial charge in [0.25, 0.3) is 5.91 Å². The maximum Gasteiger partial charge on any atom is 0.278 e. The maximum atomic E-state index is 14.1. The number of amidine groups is 1. The molecule has 2 aliphatic heterocycles. The minimum absolute atomic E-state index is 0.255. The number of rotatable bonds is 3. The molecule has 0 aliphatic carbocycles. The number of para-hydroxylation sites is 2. The first kappa shape index (κ1) is 22.0. The average Bonchev–Trinajstić information content (AvgIpc) is 3.36. The Morgan fingerprint density at radius 3 is 2.29 bits per heavy atom. The van der Waals surface area contributed by atoms with Crippen LogP contribution in [0.1, 0.15) is 11.1 Å². The van der Waals surface area contributed by atoms with Gasteiger partial charge in [-0.1, -0.05) is 77.3 Å². The van der Waals surface area contributed by atoms with E-state index in [0.717, 1.165) is 16.8 Å². The number of halogens is 3. The molecule has 0 fully saturated rings. The summed E-state index contributed by atoms with van der Waals surface area (Å²) in [6.07, 6.45) is 0. The van der Waals surface area contributed by atoms with Crippen LogP contribution in [0.3, 0.4) is 0 Å². The molecule has 0 aromatic heterocycles. The summed E-state index contributed by atoms with van der Waals surface area (Å²) in [5.74, 6) is 0.288. The molecule has 1 spiro atoms. The Morgan fingerprint density at radius 1 is 0.771 bits per heavy atom. The first-order chi connectivity index (χ1) is 17.0. The molecule has 0 radical (unpaired) electrons. The summed E-state index contributed by atoms with van der Waals surface area (Å²) in [5.41, 5.74) is 2.15. The quantitative estimate of drug-likeness (QED) is 0.313. The van der Waals surface area contributed by atoms with Gasteiger partial charge >= 0.3 is 0 Å². The lowest BCUT2D eigenvalue weighted by atomic mass is 9.96. The van der Waals surface area contributed by atoms with Crippen LogP contribution in [0.5, 0.6) is 0 Å². The van der Waals surface area contributed by atoms with E-state index in [4.69, 9.17) is 39.9 Å². The SMILES string of the molecule is O=C1Nc2ccccc2C12N(c1ccccc1Cl)N=C(c1cccc(Cl)c1)N2c1ccc(Cl)cc1. The van der Waals surface area contributed by atoms with Gasteiger partial charge in [-0.25, -0.2) is 5.01 Å². The number of hydrazone groups is 1. The minimum atomic E-state index is -1.38. The highest BCUT2D eigenvalue weighted by Crippen LogP contribution is 2.51. The number of benzene rings is 4. The van der Waals surface area contributed by atoms with Crippen LogP contribution in [0, 0.1) is 0 Å². The lowest BCUT2D eigenvalue weighted by Gasteiger charge is -2.40. The van der Waals surface area contributed by atoms with E-state index in [1.54, 1.807) is 29.3 Å². The van der Waals surface area contributed by atoms with Crippen molar-refractivity contribution >= 4 is 63.6 Å². The third-order valence-corrected chi connectivity index (χ3v) is 6.96. The number of carbonyl (C=O) groups is 1. The van der Waals surface area contributed by atoms with Crippen molar-refractivity contribution in [3.05, 3.63) is 123 Å². The van der Waals surface area contributed by atoms with Gasteiger partial charge < -0.3 is 5.32 Å². The van der Waals surface area contributed by atoms with Crippen molar-refractivity contribution in [2.24, 2.45) is 5.10 Å². The predicted molar refractivity (Wildman–Crippen MR) is 143 cm³/mol. The van der Waals surface area contributed by atoms with Crippen molar-refractivity contribution in [3.63, 3.8) is 0 Å². The highest BCUT2D eigenvalue weighted by molar-refractivity contribution is 6.34. The Balaban J connectivity index is 1.70. The summed E-state index contributed by atoms with van der Waals surface area (Å²) in [5, 5.41) is 11.4. The van der Waals surface area contributed by atoms with E-state index >= 15 is 0 Å². The molecule has 1 amide bonds. The van der Waals surface area contributed by atoms with Crippen molar-refractivity contribution in [2.75, 3.05) is 15.2 Å². The lowest BCUT2D eigenvalue weighted by molar-refractivity contribution is -0.120. The zero-order chi connectivity index (χ0) is 24.2. The third-order valence-electron chi connectivity index (χ3n) is 6.15. The second-order valence-electron chi connectivity index (χ2n) is 8.18. The van der Waals surface area contributed by atoms with Crippen molar-refractivity contribution in [3.8, 4) is 0 Å². The minimum Gasteiger partial charge on any atom is -0.322 e. The fraction of sp³-hybridized carbons (Fsp3) is 0.0370. The molecule has 35 heavy (non-hydrogen) atoms. The van der Waals surface area contributed by atoms with Crippen LogP contribution in [-0.4, -0.2) is 11.7 Å². The Labute approximate surface area is 217 Å². The van der Waals surface area contributed by atoms with Crippen LogP contribution in [-0.2, 0) is 10.5 Å². The molecular formula is C27H17Cl3N4O. The Hall–Kier alpha value is -3.51. The second kappa shape index (κ2) is 8.31. The summed E-state index contributed by atoms with van der Waals surface area (Å²) < 4.78 is 0. The van der Waals surface area contributed by atoms with Crippen LogP contribution in [0.4, 0.5) is 17.1 Å². The number of hydrogen-bond donors (Lipinski definition) is 1. The molecule has 2 aliphatic rings. The molecule has 172 valence electrons. The fourth-order valence-electron chi connectivity index (χ4n) is 4.69. The molecule has 0 bridgehead atoms. The summed E-state index contributed by atoms with van der Waals surface area (Å²) >= 11 is 19.3. The van der Waals surface area contributed by atoms with E-state index in [1.807, 2.05) is 77.7 Å². The third kappa shape index (κ3) is 3.31. The molecule has 0 saturated heterocycles. The summed E-state index contributed by atoms with van der Waals surface area (Å²) in [6.45, 7) is 0. The molecule has 4 aromatic rings. The molecule has 4 aromatic carbocycles. The lowest BCUT2D eigenvalue weighted by Crippen LogP contribution is -2.58. The topological polar surface area (TPSA) is 47.9 Å². The van der Waals surface area contributed by atoms with Crippen molar-refractivity contribution in [2.45, 2.75) is 5.66 Å². The number of anilines is 3. The molecule has 6 rings (SSSR count). The van der Waals surface area contributed by atoms with Gasteiger partial charge in [0.2, 0.25) is 5.66 Å². The van der Waals surface area contributed by atoms with E-state index in [-0.39, 0.29) is 5.91 Å². The average molecular weight is 520 g/mol. The van der Waals surface area contributed by atoms with Gasteiger partial charge in [0, 0.05) is 32.5 Å². The molecule has 1 atom stereocenters. The number of nitrogens with zero attached hydrogens (tertiary/aromatic N) is 3. The maximum absolute atomic E-state index is 14.1. The van der Waals surface area contributed by atoms with Crippen molar-refractivity contribution in [1.82, 2.24) is 0 Å². The van der Waals surface area contributed by atoms with E-state index in [0.29, 0.717) is 32.3 Å². The Kier molecular flexibility index (Phi) is 5.22. The Bertz CT molecular complexity index is 1500. The number of fused-ring (bicyclic) bond motifs is 2. The monoisotopic (exact) mass is 518 g/mol. The van der Waals surface area contributed by atoms with Gasteiger partial charge in [0.15, 0.2) is 5.84 Å². The van der Waals surface area contributed by atoms with Crippen LogP contribution in [0.25, 0.3) is 0 Å². The van der Waals surface area contributed by atoms with Crippen LogP contribution in [0.15, 0.2) is 102 Å². The zero-order valence-electron chi connectivity index (χ0n) is 18.1. The number of amides is 1.